The van der Waals surface area contributed by atoms with Crippen LogP contribution in [0.1, 0.15) is 56.5 Å². The van der Waals surface area contributed by atoms with E-state index in [4.69, 9.17) is 0 Å². The molecule has 2 rings (SSSR count). The molecule has 0 radical (unpaired) electrons. The van der Waals surface area contributed by atoms with Crippen molar-refractivity contribution >= 4 is 5.65 Å². The topological polar surface area (TPSA) is 30.2 Å². The van der Waals surface area contributed by atoms with Crippen LogP contribution in [-0.4, -0.2) is 14.6 Å². The Bertz CT molecular complexity index is 509. The van der Waals surface area contributed by atoms with Gasteiger partial charge in [0.05, 0.1) is 17.6 Å². The van der Waals surface area contributed by atoms with Gasteiger partial charge in [0.1, 0.15) is 0 Å². The highest BCUT2D eigenvalue weighted by Gasteiger charge is 2.10. The van der Waals surface area contributed by atoms with E-state index in [2.05, 4.69) is 50.8 Å². The maximum Gasteiger partial charge on any atom is 0.156 e. The molecule has 0 aliphatic carbocycles. The van der Waals surface area contributed by atoms with Gasteiger partial charge >= 0.3 is 0 Å². The lowest BCUT2D eigenvalue weighted by Gasteiger charge is -2.06. The summed E-state index contributed by atoms with van der Waals surface area (Å²) in [4.78, 5) is 4.61. The van der Waals surface area contributed by atoms with Gasteiger partial charge in [0, 0.05) is 0 Å². The van der Waals surface area contributed by atoms with Crippen molar-refractivity contribution in [2.45, 2.75) is 46.5 Å². The fourth-order valence-electron chi connectivity index (χ4n) is 1.73. The molecule has 0 spiro atoms. The first kappa shape index (κ1) is 11.1. The Balaban J connectivity index is 2.63. The molecule has 0 fully saturated rings. The quantitative estimate of drug-likeness (QED) is 0.772. The predicted molar refractivity (Wildman–Crippen MR) is 65.9 cm³/mol. The zero-order valence-electron chi connectivity index (χ0n) is 10.7. The zero-order chi connectivity index (χ0) is 11.9. The van der Waals surface area contributed by atoms with Crippen molar-refractivity contribution in [2.24, 2.45) is 0 Å². The molecule has 0 unspecified atom stereocenters. The second-order valence-corrected chi connectivity index (χ2v) is 5.00. The van der Waals surface area contributed by atoms with Crippen LogP contribution < -0.4 is 0 Å². The number of imidazole rings is 1. The number of fused-ring (bicyclic) bond motifs is 1. The summed E-state index contributed by atoms with van der Waals surface area (Å²) in [6.45, 7) is 10.7. The molecule has 86 valence electrons. The highest BCUT2D eigenvalue weighted by Crippen LogP contribution is 2.19. The number of rotatable bonds is 2. The van der Waals surface area contributed by atoms with Crippen LogP contribution in [0.5, 0.6) is 0 Å². The first-order valence-corrected chi connectivity index (χ1v) is 5.86. The molecule has 0 atom stereocenters. The van der Waals surface area contributed by atoms with Gasteiger partial charge in [-0.05, 0) is 30.4 Å². The van der Waals surface area contributed by atoms with Crippen LogP contribution in [0.4, 0.5) is 0 Å². The molecule has 3 nitrogen and oxygen atoms in total. The largest absolute Gasteiger partial charge is 0.232 e. The molecular formula is C13H19N3. The van der Waals surface area contributed by atoms with Gasteiger partial charge in [-0.2, -0.15) is 5.10 Å². The van der Waals surface area contributed by atoms with E-state index in [1.165, 1.54) is 5.56 Å². The Labute approximate surface area is 96.5 Å². The SMILES string of the molecule is Cc1cc(C(C)C)nn2cc(C(C)C)nc12. The Morgan fingerprint density at radius 2 is 1.69 bits per heavy atom. The number of hydrogen-bond acceptors (Lipinski definition) is 2. The van der Waals surface area contributed by atoms with Crippen LogP contribution in [0.3, 0.4) is 0 Å². The van der Waals surface area contributed by atoms with Crippen LogP contribution >= 0.6 is 0 Å². The Morgan fingerprint density at radius 1 is 1.06 bits per heavy atom. The summed E-state index contributed by atoms with van der Waals surface area (Å²) in [5, 5.41) is 4.59. The average molecular weight is 217 g/mol. The molecular weight excluding hydrogens is 198 g/mol. The maximum absolute atomic E-state index is 4.61. The summed E-state index contributed by atoms with van der Waals surface area (Å²) in [6.07, 6.45) is 2.04. The fraction of sp³-hybridized carbons (Fsp3) is 0.538. The number of aryl methyl sites for hydroxylation is 1. The summed E-state index contributed by atoms with van der Waals surface area (Å²) >= 11 is 0. The van der Waals surface area contributed by atoms with Gasteiger partial charge in [-0.25, -0.2) is 9.50 Å². The summed E-state index contributed by atoms with van der Waals surface area (Å²) in [6, 6.07) is 2.14. The van der Waals surface area contributed by atoms with E-state index >= 15 is 0 Å². The summed E-state index contributed by atoms with van der Waals surface area (Å²) < 4.78 is 1.92. The highest BCUT2D eigenvalue weighted by atomic mass is 15.3. The first-order valence-electron chi connectivity index (χ1n) is 5.86. The molecule has 0 saturated carbocycles. The lowest BCUT2D eigenvalue weighted by Crippen LogP contribution is -2.00. The van der Waals surface area contributed by atoms with Gasteiger partial charge in [-0.1, -0.05) is 27.7 Å². The third-order valence-corrected chi connectivity index (χ3v) is 2.83. The van der Waals surface area contributed by atoms with Crippen molar-refractivity contribution < 1.29 is 0 Å². The lowest BCUT2D eigenvalue weighted by atomic mass is 10.1. The van der Waals surface area contributed by atoms with E-state index in [1.807, 2.05) is 10.7 Å². The van der Waals surface area contributed by atoms with Gasteiger partial charge in [0.15, 0.2) is 5.65 Å². The third kappa shape index (κ3) is 1.82. The predicted octanol–water partition coefficient (Wildman–Crippen LogP) is 3.28. The van der Waals surface area contributed by atoms with Crippen molar-refractivity contribution in [2.75, 3.05) is 0 Å². The molecule has 0 N–H and O–H groups in total. The van der Waals surface area contributed by atoms with E-state index in [0.29, 0.717) is 11.8 Å². The number of hydrogen-bond donors (Lipinski definition) is 0. The first-order chi connectivity index (χ1) is 7.49. The number of nitrogens with zero attached hydrogens (tertiary/aromatic N) is 3. The Morgan fingerprint density at radius 3 is 2.25 bits per heavy atom. The second-order valence-electron chi connectivity index (χ2n) is 5.00. The molecule has 0 saturated heterocycles. The van der Waals surface area contributed by atoms with Gasteiger partial charge in [0.2, 0.25) is 0 Å². The Hall–Kier alpha value is -1.38. The molecule has 16 heavy (non-hydrogen) atoms. The van der Waals surface area contributed by atoms with Crippen LogP contribution in [0.2, 0.25) is 0 Å². The van der Waals surface area contributed by atoms with Crippen molar-refractivity contribution in [3.63, 3.8) is 0 Å². The van der Waals surface area contributed by atoms with Crippen molar-refractivity contribution in [1.82, 2.24) is 14.6 Å². The van der Waals surface area contributed by atoms with Crippen LogP contribution in [0, 0.1) is 6.92 Å². The summed E-state index contributed by atoms with van der Waals surface area (Å²) in [5.41, 5.74) is 4.41. The molecule has 0 aromatic carbocycles. The van der Waals surface area contributed by atoms with Gasteiger partial charge in [0.25, 0.3) is 0 Å². The van der Waals surface area contributed by atoms with Crippen LogP contribution in [0.25, 0.3) is 5.65 Å². The fourth-order valence-corrected chi connectivity index (χ4v) is 1.73. The Kier molecular flexibility index (Phi) is 2.70. The van der Waals surface area contributed by atoms with Gasteiger partial charge in [-0.3, -0.25) is 0 Å². The zero-order valence-corrected chi connectivity index (χ0v) is 10.7. The molecule has 2 heterocycles. The van der Waals surface area contributed by atoms with Crippen molar-refractivity contribution in [3.8, 4) is 0 Å². The summed E-state index contributed by atoms with van der Waals surface area (Å²) in [5.74, 6) is 0.900. The van der Waals surface area contributed by atoms with Gasteiger partial charge in [-0.15, -0.1) is 0 Å². The smallest absolute Gasteiger partial charge is 0.156 e. The third-order valence-electron chi connectivity index (χ3n) is 2.83. The van der Waals surface area contributed by atoms with Crippen molar-refractivity contribution in [3.05, 3.63) is 29.2 Å². The molecule has 2 aromatic heterocycles. The van der Waals surface area contributed by atoms with E-state index < -0.39 is 0 Å². The maximum atomic E-state index is 4.61. The summed E-state index contributed by atoms with van der Waals surface area (Å²) in [7, 11) is 0. The molecule has 0 bridgehead atoms. The minimum atomic E-state index is 0.448. The standard InChI is InChI=1S/C13H19N3/c1-8(2)11-6-10(5)13-14-12(9(3)4)7-16(13)15-11/h6-9H,1-5H3. The minimum Gasteiger partial charge on any atom is -0.232 e. The minimum absolute atomic E-state index is 0.448. The molecule has 0 amide bonds. The van der Waals surface area contributed by atoms with Crippen LogP contribution in [0.15, 0.2) is 12.3 Å². The van der Waals surface area contributed by atoms with Gasteiger partial charge < -0.3 is 0 Å². The normalized spacial score (nSPS) is 11.9. The van der Waals surface area contributed by atoms with E-state index in [-0.39, 0.29) is 0 Å². The monoisotopic (exact) mass is 217 g/mol. The van der Waals surface area contributed by atoms with Crippen molar-refractivity contribution in [1.29, 1.82) is 0 Å². The average Bonchev–Trinajstić information content (AvgIpc) is 2.61. The molecule has 0 aliphatic heterocycles. The molecule has 0 aliphatic rings. The molecule has 3 heteroatoms. The van der Waals surface area contributed by atoms with E-state index in [9.17, 15) is 0 Å². The highest BCUT2D eigenvalue weighted by molar-refractivity contribution is 5.48. The lowest BCUT2D eigenvalue weighted by molar-refractivity contribution is 0.758. The van der Waals surface area contributed by atoms with E-state index in [1.54, 1.807) is 0 Å². The second kappa shape index (κ2) is 3.89. The molecule has 2 aromatic rings. The number of aromatic nitrogens is 3. The van der Waals surface area contributed by atoms with Crippen LogP contribution in [-0.2, 0) is 0 Å². The van der Waals surface area contributed by atoms with E-state index in [0.717, 1.165) is 17.0 Å².